The monoisotopic (exact) mass is 296 g/mol. The summed E-state index contributed by atoms with van der Waals surface area (Å²) in [5.41, 5.74) is 0. The van der Waals surface area contributed by atoms with Gasteiger partial charge in [0.15, 0.2) is 0 Å². The lowest BCUT2D eigenvalue weighted by atomic mass is 10.2. The highest BCUT2D eigenvalue weighted by Crippen LogP contribution is 2.10. The average molecular weight is 296 g/mol. The molecule has 0 aromatic carbocycles. The molecule has 1 rings (SSSR count). The molecule has 1 fully saturated rings. The molecule has 1 aliphatic rings. The predicted octanol–water partition coefficient (Wildman–Crippen LogP) is 0.974. The second-order valence-electron chi connectivity index (χ2n) is 3.51. The van der Waals surface area contributed by atoms with Crippen molar-refractivity contribution in [3.05, 3.63) is 0 Å². The van der Waals surface area contributed by atoms with Gasteiger partial charge < -0.3 is 4.90 Å². The Kier molecular flexibility index (Phi) is 4.45. The summed E-state index contributed by atoms with van der Waals surface area (Å²) in [5, 5.41) is 0. The molecule has 0 spiro atoms. The van der Waals surface area contributed by atoms with Crippen molar-refractivity contribution in [3.8, 4) is 0 Å². The highest BCUT2D eigenvalue weighted by atomic mass is 127. The normalized spacial score (nSPS) is 25.3. The molecule has 1 saturated heterocycles. The highest BCUT2D eigenvalue weighted by molar-refractivity contribution is 14.1. The zero-order valence-electron chi connectivity index (χ0n) is 8.29. The van der Waals surface area contributed by atoms with Crippen LogP contribution in [0.1, 0.15) is 13.3 Å². The Morgan fingerprint density at radius 1 is 1.54 bits per heavy atom. The molecule has 0 radical (unpaired) electrons. The van der Waals surface area contributed by atoms with Crippen LogP contribution in [0, 0.1) is 0 Å². The summed E-state index contributed by atoms with van der Waals surface area (Å²) < 4.78 is 1.17. The molecule has 3 nitrogen and oxygen atoms in total. The van der Waals surface area contributed by atoms with Crippen LogP contribution in [0.2, 0.25) is 0 Å². The third-order valence-electron chi connectivity index (χ3n) is 2.58. The van der Waals surface area contributed by atoms with Crippen molar-refractivity contribution in [3.63, 3.8) is 0 Å². The van der Waals surface area contributed by atoms with Crippen LogP contribution in [0.15, 0.2) is 0 Å². The zero-order valence-corrected chi connectivity index (χ0v) is 10.5. The molecule has 76 valence electrons. The van der Waals surface area contributed by atoms with E-state index >= 15 is 0 Å². The molecular weight excluding hydrogens is 279 g/mol. The molecule has 1 aliphatic heterocycles. The van der Waals surface area contributed by atoms with Gasteiger partial charge >= 0.3 is 0 Å². The molecule has 1 atom stereocenters. The summed E-state index contributed by atoms with van der Waals surface area (Å²) in [6, 6.07) is 0.0849. The first-order chi connectivity index (χ1) is 6.16. The fraction of sp³-hybridized carbons (Fsp3) is 0.889. The van der Waals surface area contributed by atoms with Crippen LogP contribution in [0.4, 0.5) is 0 Å². The van der Waals surface area contributed by atoms with Gasteiger partial charge in [-0.3, -0.25) is 9.69 Å². The average Bonchev–Trinajstić information content (AvgIpc) is 2.13. The molecule has 0 aromatic heterocycles. The molecular formula is C9H17IN2O. The van der Waals surface area contributed by atoms with Gasteiger partial charge in [0, 0.05) is 24.6 Å². The van der Waals surface area contributed by atoms with Crippen molar-refractivity contribution in [1.82, 2.24) is 9.80 Å². The number of halogens is 1. The smallest absolute Gasteiger partial charge is 0.239 e. The van der Waals surface area contributed by atoms with Crippen LogP contribution in [0.25, 0.3) is 0 Å². The van der Waals surface area contributed by atoms with E-state index in [1.54, 1.807) is 0 Å². The van der Waals surface area contributed by atoms with Gasteiger partial charge in [-0.25, -0.2) is 0 Å². The number of likely N-dealkylation sites (N-methyl/N-ethyl adjacent to an activating group) is 1. The topological polar surface area (TPSA) is 23.6 Å². The number of carbonyl (C=O) groups excluding carboxylic acids is 1. The van der Waals surface area contributed by atoms with E-state index in [0.29, 0.717) is 0 Å². The van der Waals surface area contributed by atoms with Gasteiger partial charge in [0.1, 0.15) is 0 Å². The Bertz CT molecular complexity index is 184. The van der Waals surface area contributed by atoms with Crippen molar-refractivity contribution in [2.75, 3.05) is 31.1 Å². The van der Waals surface area contributed by atoms with Gasteiger partial charge in [-0.05, 0) is 19.9 Å². The van der Waals surface area contributed by atoms with Crippen LogP contribution < -0.4 is 0 Å². The van der Waals surface area contributed by atoms with Crippen molar-refractivity contribution in [2.24, 2.45) is 0 Å². The maximum Gasteiger partial charge on any atom is 0.239 e. The number of hydrogen-bond donors (Lipinski definition) is 0. The fourth-order valence-electron chi connectivity index (χ4n) is 1.63. The first-order valence-electron chi connectivity index (χ1n) is 4.72. The minimum Gasteiger partial charge on any atom is -0.343 e. The van der Waals surface area contributed by atoms with E-state index < -0.39 is 0 Å². The Morgan fingerprint density at radius 2 is 2.23 bits per heavy atom. The molecule has 0 aromatic rings. The first kappa shape index (κ1) is 11.2. The van der Waals surface area contributed by atoms with Crippen LogP contribution in [-0.2, 0) is 4.79 Å². The molecule has 1 unspecified atom stereocenters. The van der Waals surface area contributed by atoms with E-state index in [9.17, 15) is 4.79 Å². The lowest BCUT2D eigenvalue weighted by Gasteiger charge is -2.37. The van der Waals surface area contributed by atoms with Gasteiger partial charge in [0.2, 0.25) is 5.91 Å². The molecule has 0 N–H and O–H groups in total. The number of rotatable bonds is 3. The van der Waals surface area contributed by atoms with Crippen LogP contribution in [0.3, 0.4) is 0 Å². The maximum atomic E-state index is 11.6. The Labute approximate surface area is 93.6 Å². The summed E-state index contributed by atoms with van der Waals surface area (Å²) in [4.78, 5) is 15.7. The van der Waals surface area contributed by atoms with Crippen molar-refractivity contribution in [2.45, 2.75) is 19.4 Å². The summed E-state index contributed by atoms with van der Waals surface area (Å²) in [6.07, 6.45) is 1.18. The summed E-state index contributed by atoms with van der Waals surface area (Å²) >= 11 is 2.38. The number of amides is 1. The van der Waals surface area contributed by atoms with Gasteiger partial charge in [-0.1, -0.05) is 22.6 Å². The number of alkyl halides is 1. The van der Waals surface area contributed by atoms with E-state index in [1.165, 1.54) is 10.8 Å². The van der Waals surface area contributed by atoms with E-state index in [-0.39, 0.29) is 11.9 Å². The summed E-state index contributed by atoms with van der Waals surface area (Å²) in [7, 11) is 1.88. The Morgan fingerprint density at radius 3 is 2.85 bits per heavy atom. The fourth-order valence-corrected chi connectivity index (χ4v) is 1.97. The quantitative estimate of drug-likeness (QED) is 0.572. The molecule has 13 heavy (non-hydrogen) atoms. The second-order valence-corrected chi connectivity index (χ2v) is 4.59. The largest absolute Gasteiger partial charge is 0.343 e. The lowest BCUT2D eigenvalue weighted by Crippen LogP contribution is -2.54. The Balaban J connectivity index is 2.44. The van der Waals surface area contributed by atoms with Crippen LogP contribution >= 0.6 is 22.6 Å². The SMILES string of the molecule is CC1C(=O)N(C)CCN1CCCI. The van der Waals surface area contributed by atoms with Gasteiger partial charge in [-0.2, -0.15) is 0 Å². The minimum atomic E-state index is 0.0849. The van der Waals surface area contributed by atoms with Crippen molar-refractivity contribution >= 4 is 28.5 Å². The molecule has 0 aliphatic carbocycles. The van der Waals surface area contributed by atoms with Gasteiger partial charge in [0.05, 0.1) is 6.04 Å². The summed E-state index contributed by atoms with van der Waals surface area (Å²) in [6.45, 7) is 4.97. The zero-order chi connectivity index (χ0) is 9.84. The van der Waals surface area contributed by atoms with Crippen LogP contribution in [0.5, 0.6) is 0 Å². The molecule has 1 amide bonds. The van der Waals surface area contributed by atoms with E-state index in [4.69, 9.17) is 0 Å². The van der Waals surface area contributed by atoms with Crippen LogP contribution in [-0.4, -0.2) is 52.9 Å². The maximum absolute atomic E-state index is 11.6. The predicted molar refractivity (Wildman–Crippen MR) is 62.2 cm³/mol. The number of nitrogens with zero attached hydrogens (tertiary/aromatic N) is 2. The highest BCUT2D eigenvalue weighted by Gasteiger charge is 2.28. The third kappa shape index (κ3) is 2.80. The van der Waals surface area contributed by atoms with Gasteiger partial charge in [0.25, 0.3) is 0 Å². The minimum absolute atomic E-state index is 0.0849. The third-order valence-corrected chi connectivity index (χ3v) is 3.35. The lowest BCUT2D eigenvalue weighted by molar-refractivity contribution is -0.139. The van der Waals surface area contributed by atoms with E-state index in [1.807, 2.05) is 18.9 Å². The molecule has 0 bridgehead atoms. The van der Waals surface area contributed by atoms with Crippen molar-refractivity contribution < 1.29 is 4.79 Å². The number of piperazine rings is 1. The molecule has 0 saturated carbocycles. The molecule has 1 heterocycles. The van der Waals surface area contributed by atoms with E-state index in [2.05, 4.69) is 27.5 Å². The van der Waals surface area contributed by atoms with E-state index in [0.717, 1.165) is 19.6 Å². The number of carbonyl (C=O) groups is 1. The standard InChI is InChI=1S/C9H17IN2O/c1-8-9(13)11(2)6-7-12(8)5-3-4-10/h8H,3-7H2,1-2H3. The van der Waals surface area contributed by atoms with Gasteiger partial charge in [-0.15, -0.1) is 0 Å². The van der Waals surface area contributed by atoms with Crippen molar-refractivity contribution in [1.29, 1.82) is 0 Å². The first-order valence-corrected chi connectivity index (χ1v) is 6.24. The molecule has 4 heteroatoms. The Hall–Kier alpha value is 0.160. The second kappa shape index (κ2) is 5.14. The summed E-state index contributed by atoms with van der Waals surface area (Å²) in [5.74, 6) is 0.264. The number of hydrogen-bond acceptors (Lipinski definition) is 2.